The van der Waals surface area contributed by atoms with Crippen molar-refractivity contribution in [2.75, 3.05) is 0 Å². The molecule has 3 nitrogen and oxygen atoms in total. The van der Waals surface area contributed by atoms with E-state index in [9.17, 15) is 9.60 Å². The number of hydrogen-bond donors (Lipinski definition) is 1. The Kier molecular flexibility index (Phi) is 6.24. The molecule has 0 bridgehead atoms. The zero-order chi connectivity index (χ0) is 19.4. The van der Waals surface area contributed by atoms with Gasteiger partial charge in [-0.05, 0) is 54.4 Å². The van der Waals surface area contributed by atoms with Gasteiger partial charge in [-0.3, -0.25) is 4.98 Å². The lowest BCUT2D eigenvalue weighted by molar-refractivity contribution is 0.317. The van der Waals surface area contributed by atoms with E-state index >= 15 is 0 Å². The molecule has 0 radical (unpaired) electrons. The normalized spacial score (nSPS) is 12.8. The molecule has 138 valence electrons. The molecule has 0 aliphatic heterocycles. The van der Waals surface area contributed by atoms with E-state index in [-0.39, 0.29) is 5.92 Å². The van der Waals surface area contributed by atoms with Gasteiger partial charge in [0.15, 0.2) is 0 Å². The summed E-state index contributed by atoms with van der Waals surface area (Å²) in [6.07, 6.45) is 1.98. The molecular formula is C21H17BrClFN2O. The number of oxime groups is 1. The van der Waals surface area contributed by atoms with E-state index in [1.54, 1.807) is 24.4 Å². The topological polar surface area (TPSA) is 45.5 Å². The van der Waals surface area contributed by atoms with Crippen LogP contribution in [0.4, 0.5) is 4.39 Å². The number of halogens is 3. The summed E-state index contributed by atoms with van der Waals surface area (Å²) in [5, 5.41) is 13.4. The summed E-state index contributed by atoms with van der Waals surface area (Å²) in [7, 11) is 0. The Labute approximate surface area is 170 Å². The largest absolute Gasteiger partial charge is 0.411 e. The second-order valence-electron chi connectivity index (χ2n) is 6.21. The highest BCUT2D eigenvalue weighted by Crippen LogP contribution is 2.33. The van der Waals surface area contributed by atoms with Crippen LogP contribution >= 0.6 is 27.5 Å². The van der Waals surface area contributed by atoms with Crippen molar-refractivity contribution in [2.45, 2.75) is 19.3 Å². The van der Waals surface area contributed by atoms with E-state index < -0.39 is 5.82 Å². The molecule has 0 fully saturated rings. The Morgan fingerprint density at radius 1 is 1.19 bits per heavy atom. The number of aromatic nitrogens is 1. The number of aryl methyl sites for hydroxylation is 1. The van der Waals surface area contributed by atoms with Crippen LogP contribution in [0.1, 0.15) is 34.7 Å². The fraction of sp³-hybridized carbons (Fsp3) is 0.143. The predicted octanol–water partition coefficient (Wildman–Crippen LogP) is 6.35. The fourth-order valence-corrected chi connectivity index (χ4v) is 3.44. The molecule has 0 aliphatic carbocycles. The minimum atomic E-state index is -0.390. The first-order chi connectivity index (χ1) is 13.0. The monoisotopic (exact) mass is 446 g/mol. The van der Waals surface area contributed by atoms with Gasteiger partial charge in [-0.25, -0.2) is 4.39 Å². The van der Waals surface area contributed by atoms with E-state index in [2.05, 4.69) is 26.1 Å². The van der Waals surface area contributed by atoms with Crippen molar-refractivity contribution in [3.63, 3.8) is 0 Å². The summed E-state index contributed by atoms with van der Waals surface area (Å²) < 4.78 is 15.6. The standard InChI is InChI=1S/C21H17BrClFN2O/c1-13-10-15(8-9-25-13)21(26-27)12-19(14-2-4-16(22)5-3-14)18-7-6-17(23)11-20(18)24/h2-11,19,27H,12H2,1H3/b26-21-. The summed E-state index contributed by atoms with van der Waals surface area (Å²) in [6.45, 7) is 1.86. The average Bonchev–Trinajstić information content (AvgIpc) is 2.64. The van der Waals surface area contributed by atoms with Gasteiger partial charge in [-0.1, -0.05) is 50.9 Å². The molecule has 3 rings (SSSR count). The zero-order valence-electron chi connectivity index (χ0n) is 14.5. The molecular weight excluding hydrogens is 431 g/mol. The van der Waals surface area contributed by atoms with Gasteiger partial charge in [-0.15, -0.1) is 0 Å². The summed E-state index contributed by atoms with van der Waals surface area (Å²) in [6, 6.07) is 15.9. The van der Waals surface area contributed by atoms with Crippen LogP contribution in [-0.4, -0.2) is 15.9 Å². The lowest BCUT2D eigenvalue weighted by Crippen LogP contribution is -2.12. The average molecular weight is 448 g/mol. The maximum Gasteiger partial charge on any atom is 0.128 e. The van der Waals surface area contributed by atoms with Crippen LogP contribution in [0.5, 0.6) is 0 Å². The molecule has 1 atom stereocenters. The van der Waals surface area contributed by atoms with Gasteiger partial charge >= 0.3 is 0 Å². The molecule has 1 aromatic heterocycles. The van der Waals surface area contributed by atoms with Gasteiger partial charge in [0, 0.05) is 39.3 Å². The molecule has 1 N–H and O–H groups in total. The summed E-state index contributed by atoms with van der Waals surface area (Å²) >= 11 is 9.34. The molecule has 3 aromatic rings. The van der Waals surface area contributed by atoms with Gasteiger partial charge in [0.2, 0.25) is 0 Å². The highest BCUT2D eigenvalue weighted by atomic mass is 79.9. The fourth-order valence-electron chi connectivity index (χ4n) is 3.02. The van der Waals surface area contributed by atoms with Crippen molar-refractivity contribution >= 4 is 33.2 Å². The van der Waals surface area contributed by atoms with Crippen LogP contribution in [0.15, 0.2) is 70.4 Å². The third kappa shape index (κ3) is 4.73. The Bertz CT molecular complexity index is 976. The van der Waals surface area contributed by atoms with Crippen LogP contribution in [0.3, 0.4) is 0 Å². The maximum atomic E-state index is 14.7. The molecule has 0 amide bonds. The molecule has 2 aromatic carbocycles. The third-order valence-corrected chi connectivity index (χ3v) is 5.12. The predicted molar refractivity (Wildman–Crippen MR) is 109 cm³/mol. The number of pyridine rings is 1. The van der Waals surface area contributed by atoms with Crippen LogP contribution in [0, 0.1) is 12.7 Å². The molecule has 27 heavy (non-hydrogen) atoms. The van der Waals surface area contributed by atoms with Crippen molar-refractivity contribution in [3.05, 3.63) is 98.5 Å². The maximum absolute atomic E-state index is 14.7. The van der Waals surface area contributed by atoms with E-state index in [1.807, 2.05) is 37.3 Å². The lowest BCUT2D eigenvalue weighted by atomic mass is 9.85. The summed E-state index contributed by atoms with van der Waals surface area (Å²) in [5.41, 5.74) is 3.43. The van der Waals surface area contributed by atoms with Crippen LogP contribution in [0.25, 0.3) is 0 Å². The molecule has 0 aliphatic rings. The van der Waals surface area contributed by atoms with E-state index in [0.717, 1.165) is 21.3 Å². The molecule has 1 heterocycles. The highest BCUT2D eigenvalue weighted by molar-refractivity contribution is 9.10. The van der Waals surface area contributed by atoms with Crippen molar-refractivity contribution in [2.24, 2.45) is 5.16 Å². The van der Waals surface area contributed by atoms with Gasteiger partial charge < -0.3 is 5.21 Å². The lowest BCUT2D eigenvalue weighted by Gasteiger charge is -2.20. The Balaban J connectivity index is 2.05. The van der Waals surface area contributed by atoms with Crippen molar-refractivity contribution in [1.29, 1.82) is 0 Å². The second kappa shape index (κ2) is 8.63. The van der Waals surface area contributed by atoms with Crippen LogP contribution < -0.4 is 0 Å². The minimum absolute atomic E-state index is 0.320. The smallest absolute Gasteiger partial charge is 0.128 e. The van der Waals surface area contributed by atoms with E-state index in [0.29, 0.717) is 22.7 Å². The summed E-state index contributed by atoms with van der Waals surface area (Å²) in [5.74, 6) is -0.728. The minimum Gasteiger partial charge on any atom is -0.411 e. The molecule has 0 saturated heterocycles. The Morgan fingerprint density at radius 2 is 1.93 bits per heavy atom. The number of rotatable bonds is 5. The van der Waals surface area contributed by atoms with Crippen molar-refractivity contribution in [1.82, 2.24) is 4.98 Å². The summed E-state index contributed by atoms with van der Waals surface area (Å²) in [4.78, 5) is 4.17. The van der Waals surface area contributed by atoms with Crippen molar-refractivity contribution < 1.29 is 9.60 Å². The van der Waals surface area contributed by atoms with E-state index in [1.165, 1.54) is 6.07 Å². The third-order valence-electron chi connectivity index (χ3n) is 4.36. The van der Waals surface area contributed by atoms with Crippen molar-refractivity contribution in [3.8, 4) is 0 Å². The SMILES string of the molecule is Cc1cc(/C(CC(c2ccc(Br)cc2)c2ccc(Cl)cc2F)=N\O)ccn1. The zero-order valence-corrected chi connectivity index (χ0v) is 16.9. The Morgan fingerprint density at radius 3 is 2.56 bits per heavy atom. The van der Waals surface area contributed by atoms with Gasteiger partial charge in [0.25, 0.3) is 0 Å². The van der Waals surface area contributed by atoms with E-state index in [4.69, 9.17) is 11.6 Å². The molecule has 6 heteroatoms. The molecule has 0 spiro atoms. The van der Waals surface area contributed by atoms with Gasteiger partial charge in [0.05, 0.1) is 5.71 Å². The van der Waals surface area contributed by atoms with Gasteiger partial charge in [-0.2, -0.15) is 0 Å². The highest BCUT2D eigenvalue weighted by Gasteiger charge is 2.22. The Hall–Kier alpha value is -2.24. The first kappa shape index (κ1) is 19.5. The quantitative estimate of drug-likeness (QED) is 0.281. The van der Waals surface area contributed by atoms with Crippen LogP contribution in [0.2, 0.25) is 5.02 Å². The number of hydrogen-bond acceptors (Lipinski definition) is 3. The molecule has 1 unspecified atom stereocenters. The number of nitrogens with zero attached hydrogens (tertiary/aromatic N) is 2. The molecule has 0 saturated carbocycles. The second-order valence-corrected chi connectivity index (χ2v) is 7.56. The van der Waals surface area contributed by atoms with Gasteiger partial charge in [0.1, 0.15) is 5.82 Å². The van der Waals surface area contributed by atoms with Crippen LogP contribution in [-0.2, 0) is 0 Å². The first-order valence-corrected chi connectivity index (χ1v) is 9.49. The first-order valence-electron chi connectivity index (χ1n) is 8.32. The number of benzene rings is 2.